The molecule has 0 aliphatic heterocycles. The number of aromatic nitrogens is 3. The van der Waals surface area contributed by atoms with Gasteiger partial charge < -0.3 is 15.3 Å². The molecule has 9 rings (SSSR count). The van der Waals surface area contributed by atoms with E-state index >= 15 is 0 Å². The van der Waals surface area contributed by atoms with E-state index < -0.39 is 70.1 Å². The van der Waals surface area contributed by atoms with Crippen LogP contribution in [0.2, 0.25) is 15.1 Å². The summed E-state index contributed by atoms with van der Waals surface area (Å²) in [6, 6.07) is 17.7. The molecule has 0 amide bonds. The van der Waals surface area contributed by atoms with Crippen LogP contribution < -0.4 is 14.2 Å². The fraction of sp³-hybridized carbons (Fsp3) is 0.389. The van der Waals surface area contributed by atoms with Gasteiger partial charge in [-0.05, 0) is 152 Å². The average Bonchev–Trinajstić information content (AvgIpc) is 3.37. The second kappa shape index (κ2) is 25.2. The van der Waals surface area contributed by atoms with Gasteiger partial charge in [-0.15, -0.1) is 0 Å². The minimum absolute atomic E-state index is 0.0437. The van der Waals surface area contributed by atoms with Crippen molar-refractivity contribution in [2.45, 2.75) is 147 Å². The molecule has 0 spiro atoms. The molecule has 25 heteroatoms. The molecular formula is C54H59Cl3F4N6O9S3. The van der Waals surface area contributed by atoms with Crippen molar-refractivity contribution in [3.63, 3.8) is 0 Å². The first-order valence-electron chi connectivity index (χ1n) is 25.1. The molecule has 0 unspecified atom stereocenters. The van der Waals surface area contributed by atoms with E-state index in [1.54, 1.807) is 20.8 Å². The highest BCUT2D eigenvalue weighted by molar-refractivity contribution is 7.90. The normalized spacial score (nSPS) is 23.6. The Bertz CT molecular complexity index is 3320. The predicted octanol–water partition coefficient (Wildman–Crippen LogP) is 10.7. The van der Waals surface area contributed by atoms with Crippen molar-refractivity contribution in [2.24, 2.45) is 0 Å². The van der Waals surface area contributed by atoms with Crippen molar-refractivity contribution in [2.75, 3.05) is 0 Å². The summed E-state index contributed by atoms with van der Waals surface area (Å²) in [6.07, 6.45) is 10.1. The molecule has 6 N–H and O–H groups in total. The van der Waals surface area contributed by atoms with Gasteiger partial charge >= 0.3 is 0 Å². The van der Waals surface area contributed by atoms with E-state index in [2.05, 4.69) is 29.1 Å². The van der Waals surface area contributed by atoms with Crippen LogP contribution in [0.5, 0.6) is 0 Å². The fourth-order valence-corrected chi connectivity index (χ4v) is 13.8. The minimum Gasteiger partial charge on any atom is -0.390 e. The number of hydrogen-bond acceptors (Lipinski definition) is 12. The monoisotopic (exact) mass is 1210 g/mol. The van der Waals surface area contributed by atoms with Crippen molar-refractivity contribution >= 4 is 64.9 Å². The lowest BCUT2D eigenvalue weighted by molar-refractivity contribution is 0.0159. The Hall–Kier alpha value is -4.69. The van der Waals surface area contributed by atoms with Gasteiger partial charge in [0.25, 0.3) is 0 Å². The lowest BCUT2D eigenvalue weighted by Crippen LogP contribution is -2.42. The first kappa shape index (κ1) is 61.9. The van der Waals surface area contributed by atoms with Crippen LogP contribution in [-0.2, 0) is 30.1 Å². The summed E-state index contributed by atoms with van der Waals surface area (Å²) in [5.41, 5.74) is -1.06. The molecular weight excluding hydrogens is 1160 g/mol. The average molecular weight is 1210 g/mol. The number of sulfonamides is 3. The number of hydrogen-bond donors (Lipinski definition) is 6. The van der Waals surface area contributed by atoms with Crippen LogP contribution in [-0.4, -0.2) is 90.5 Å². The molecule has 15 nitrogen and oxygen atoms in total. The number of nitrogens with one attached hydrogen (secondary N) is 3. The summed E-state index contributed by atoms with van der Waals surface area (Å²) in [6.45, 7) is 5.25. The standard InChI is InChI=1S/C18H19Cl2FN2O3S.C18H20ClFN2O3S.C18H20F2N2O3S/c1-18(24)6-4-12(5-7-18)23-27(25,26)13-2-3-14(16(21)9-13)17-15(20)8-11(19)10-22-17;2*1-18(23)8-6-14(7-9-18)22-26(24,25)15-4-2-12(3-5-15)17-16(20)10-13(19)11-21-17/h2-3,8-10,12,23-24H,4-7H2,1H3;2*2-5,10-11,14,22-23H,6-9H2,1H3. The van der Waals surface area contributed by atoms with Crippen molar-refractivity contribution in [3.8, 4) is 33.8 Å². The molecule has 3 aliphatic carbocycles. The summed E-state index contributed by atoms with van der Waals surface area (Å²) >= 11 is 17.5. The second-order valence-electron chi connectivity index (χ2n) is 20.8. The van der Waals surface area contributed by atoms with Crippen LogP contribution in [0, 0.1) is 23.3 Å². The molecule has 0 radical (unpaired) electrons. The van der Waals surface area contributed by atoms with E-state index in [0.29, 0.717) is 93.2 Å². The summed E-state index contributed by atoms with van der Waals surface area (Å²) in [7, 11) is -11.3. The van der Waals surface area contributed by atoms with Crippen LogP contribution in [0.15, 0.2) is 118 Å². The molecule has 3 aliphatic rings. The molecule has 426 valence electrons. The van der Waals surface area contributed by atoms with Gasteiger partial charge in [-0.1, -0.05) is 59.1 Å². The number of pyridine rings is 3. The van der Waals surface area contributed by atoms with Crippen molar-refractivity contribution in [3.05, 3.63) is 142 Å². The van der Waals surface area contributed by atoms with Crippen LogP contribution in [0.1, 0.15) is 97.8 Å². The van der Waals surface area contributed by atoms with Crippen molar-refractivity contribution in [1.82, 2.24) is 29.1 Å². The van der Waals surface area contributed by atoms with Crippen molar-refractivity contribution in [1.29, 1.82) is 0 Å². The third-order valence-corrected chi connectivity index (χ3v) is 19.3. The molecule has 79 heavy (non-hydrogen) atoms. The predicted molar refractivity (Wildman–Crippen MR) is 293 cm³/mol. The molecule has 3 heterocycles. The molecule has 3 aromatic heterocycles. The number of rotatable bonds is 12. The Morgan fingerprint density at radius 1 is 0.456 bits per heavy atom. The van der Waals surface area contributed by atoms with Gasteiger partial charge in [-0.2, -0.15) is 0 Å². The topological polar surface area (TPSA) is 238 Å². The third-order valence-electron chi connectivity index (χ3n) is 14.0. The Labute approximate surface area is 472 Å². The van der Waals surface area contributed by atoms with Crippen molar-refractivity contribution < 1.29 is 58.1 Å². The van der Waals surface area contributed by atoms with Crippen LogP contribution in [0.3, 0.4) is 0 Å². The van der Waals surface area contributed by atoms with Gasteiger partial charge in [0.2, 0.25) is 30.1 Å². The Balaban J connectivity index is 0.000000172. The minimum atomic E-state index is -3.88. The molecule has 3 aromatic carbocycles. The van der Waals surface area contributed by atoms with Gasteiger partial charge in [0.05, 0.1) is 58.4 Å². The fourth-order valence-electron chi connectivity index (χ4n) is 9.24. The summed E-state index contributed by atoms with van der Waals surface area (Å²) in [4.78, 5) is 11.7. The molecule has 3 fully saturated rings. The number of halogens is 7. The first-order chi connectivity index (χ1) is 36.9. The SMILES string of the molecule is CC1(O)CCC(NS(=O)(=O)c2ccc(-c3ncc(Cl)cc3Cl)c(F)c2)CC1.CC1(O)CCC(NS(=O)(=O)c2ccc(-c3ncc(Cl)cc3F)cc2)CC1.CC1(O)CCC(NS(=O)(=O)c2ccc(-c3ncc(F)cc3F)cc2)CC1. The highest BCUT2D eigenvalue weighted by Crippen LogP contribution is 2.34. The third kappa shape index (κ3) is 16.9. The van der Waals surface area contributed by atoms with Gasteiger partial charge in [-0.3, -0.25) is 15.0 Å². The largest absolute Gasteiger partial charge is 0.390 e. The summed E-state index contributed by atoms with van der Waals surface area (Å²) < 4.78 is 138. The Morgan fingerprint density at radius 2 is 0.797 bits per heavy atom. The Kier molecular flexibility index (Phi) is 19.8. The van der Waals surface area contributed by atoms with E-state index in [-0.39, 0.29) is 65.5 Å². The van der Waals surface area contributed by atoms with Gasteiger partial charge in [0, 0.05) is 53.3 Å². The molecule has 3 saturated carbocycles. The zero-order valence-corrected chi connectivity index (χ0v) is 47.8. The molecule has 6 aromatic rings. The zero-order valence-electron chi connectivity index (χ0n) is 43.0. The summed E-state index contributed by atoms with van der Waals surface area (Å²) in [5, 5.41) is 30.6. The van der Waals surface area contributed by atoms with Crippen LogP contribution >= 0.6 is 34.8 Å². The van der Waals surface area contributed by atoms with E-state index in [1.807, 2.05) is 0 Å². The number of benzene rings is 3. The maximum absolute atomic E-state index is 14.6. The van der Waals surface area contributed by atoms with Gasteiger partial charge in [0.1, 0.15) is 23.0 Å². The van der Waals surface area contributed by atoms with Gasteiger partial charge in [-0.25, -0.2) is 57.0 Å². The summed E-state index contributed by atoms with van der Waals surface area (Å²) in [5.74, 6) is -2.91. The highest BCUT2D eigenvalue weighted by Gasteiger charge is 2.34. The Morgan fingerprint density at radius 3 is 1.16 bits per heavy atom. The molecule has 0 saturated heterocycles. The smallest absolute Gasteiger partial charge is 0.240 e. The quantitative estimate of drug-likeness (QED) is 0.0628. The van der Waals surface area contributed by atoms with Gasteiger partial charge in [0.15, 0.2) is 11.6 Å². The van der Waals surface area contributed by atoms with E-state index in [4.69, 9.17) is 34.8 Å². The zero-order chi connectivity index (χ0) is 57.7. The van der Waals surface area contributed by atoms with E-state index in [9.17, 15) is 58.1 Å². The second-order valence-corrected chi connectivity index (χ2v) is 27.2. The first-order valence-corrected chi connectivity index (χ1v) is 30.7. The highest BCUT2D eigenvalue weighted by atomic mass is 35.5. The lowest BCUT2D eigenvalue weighted by Gasteiger charge is -2.33. The number of aliphatic hydroxyl groups is 3. The van der Waals surface area contributed by atoms with Crippen LogP contribution in [0.4, 0.5) is 17.6 Å². The molecule has 0 bridgehead atoms. The van der Waals surface area contributed by atoms with Crippen LogP contribution in [0.25, 0.3) is 33.8 Å². The number of nitrogens with zero attached hydrogens (tertiary/aromatic N) is 3. The maximum atomic E-state index is 14.6. The maximum Gasteiger partial charge on any atom is 0.240 e. The lowest BCUT2D eigenvalue weighted by atomic mass is 9.84. The van der Waals surface area contributed by atoms with E-state index in [0.717, 1.165) is 24.4 Å². The van der Waals surface area contributed by atoms with E-state index in [1.165, 1.54) is 79.1 Å². The molecule has 0 atom stereocenters.